The van der Waals surface area contributed by atoms with Crippen LogP contribution in [0.1, 0.15) is 26.8 Å². The Hall–Kier alpha value is -2.79. The van der Waals surface area contributed by atoms with Gasteiger partial charge in [0.25, 0.3) is 5.91 Å². The molecule has 1 aliphatic heterocycles. The molecule has 5 rings (SSSR count). The summed E-state index contributed by atoms with van der Waals surface area (Å²) in [6.45, 7) is 0. The van der Waals surface area contributed by atoms with E-state index in [1.165, 1.54) is 39.3 Å². The molecule has 1 unspecified atom stereocenters. The van der Waals surface area contributed by atoms with Crippen molar-refractivity contribution < 1.29 is 14.7 Å². The molecule has 3 heterocycles. The zero-order valence-electron chi connectivity index (χ0n) is 17.4. The summed E-state index contributed by atoms with van der Waals surface area (Å²) in [5.74, 6) is -0.881. The molecule has 0 spiro atoms. The molecule has 170 valence electrons. The van der Waals surface area contributed by atoms with E-state index in [-0.39, 0.29) is 11.4 Å². The molecule has 0 fully saturated rings. The van der Waals surface area contributed by atoms with Crippen LogP contribution in [0.5, 0.6) is 0 Å². The van der Waals surface area contributed by atoms with Crippen LogP contribution < -0.4 is 4.90 Å². The summed E-state index contributed by atoms with van der Waals surface area (Å²) in [6, 6.07) is 19.9. The summed E-state index contributed by atoms with van der Waals surface area (Å²) < 4.78 is 1.56. The fourth-order valence-corrected chi connectivity index (χ4v) is 6.38. The molecule has 2 aromatic carbocycles. The van der Waals surface area contributed by atoms with E-state index in [0.717, 1.165) is 10.0 Å². The fraction of sp³-hybridized carbons (Fsp3) is 0.0833. The van der Waals surface area contributed by atoms with Crippen molar-refractivity contribution in [3.05, 3.63) is 104 Å². The molecule has 4 aromatic rings. The van der Waals surface area contributed by atoms with E-state index >= 15 is 0 Å². The first-order valence-electron chi connectivity index (χ1n) is 10.1. The number of aliphatic hydroxyl groups is 1. The predicted molar refractivity (Wildman–Crippen MR) is 139 cm³/mol. The lowest BCUT2D eigenvalue weighted by Gasteiger charge is -2.24. The van der Waals surface area contributed by atoms with E-state index in [2.05, 4.69) is 26.1 Å². The van der Waals surface area contributed by atoms with Gasteiger partial charge < -0.3 is 5.11 Å². The summed E-state index contributed by atoms with van der Waals surface area (Å²) in [5, 5.41) is 21.4. The smallest absolute Gasteiger partial charge is 0.296 e. The number of aliphatic hydroxyl groups excluding tert-OH is 1. The van der Waals surface area contributed by atoms with E-state index in [9.17, 15) is 14.7 Å². The zero-order chi connectivity index (χ0) is 23.7. The highest BCUT2D eigenvalue weighted by Gasteiger charge is 2.46. The van der Waals surface area contributed by atoms with Gasteiger partial charge in [0.05, 0.1) is 16.5 Å². The third kappa shape index (κ3) is 4.46. The van der Waals surface area contributed by atoms with Crippen LogP contribution in [-0.4, -0.2) is 27.0 Å². The molecule has 34 heavy (non-hydrogen) atoms. The topological polar surface area (TPSA) is 83.4 Å². The Balaban J connectivity index is 1.50. The Morgan fingerprint density at radius 1 is 1.06 bits per heavy atom. The van der Waals surface area contributed by atoms with Gasteiger partial charge in [-0.2, -0.15) is 0 Å². The van der Waals surface area contributed by atoms with Crippen LogP contribution in [0.4, 0.5) is 5.13 Å². The van der Waals surface area contributed by atoms with Gasteiger partial charge in [-0.05, 0) is 34.7 Å². The molecule has 1 atom stereocenters. The molecule has 1 amide bonds. The number of amides is 1. The Morgan fingerprint density at radius 3 is 2.53 bits per heavy atom. The molecule has 6 nitrogen and oxygen atoms in total. The van der Waals surface area contributed by atoms with Gasteiger partial charge >= 0.3 is 0 Å². The van der Waals surface area contributed by atoms with Crippen molar-refractivity contribution in [1.29, 1.82) is 0 Å². The highest BCUT2D eigenvalue weighted by molar-refractivity contribution is 9.10. The Morgan fingerprint density at radius 2 is 1.82 bits per heavy atom. The van der Waals surface area contributed by atoms with Crippen LogP contribution in [0.15, 0.2) is 92.3 Å². The maximum atomic E-state index is 13.3. The molecule has 0 radical (unpaired) electrons. The van der Waals surface area contributed by atoms with Gasteiger partial charge in [-0.25, -0.2) is 0 Å². The number of carbonyl (C=O) groups is 2. The maximum absolute atomic E-state index is 13.3. The monoisotopic (exact) mass is 569 g/mol. The number of thiophene rings is 1. The zero-order valence-corrected chi connectivity index (χ0v) is 21.5. The summed E-state index contributed by atoms with van der Waals surface area (Å²) in [4.78, 5) is 28.4. The number of thioether (sulfide) groups is 1. The second kappa shape index (κ2) is 9.83. The van der Waals surface area contributed by atoms with Crippen molar-refractivity contribution in [2.75, 3.05) is 4.90 Å². The fourth-order valence-electron chi connectivity index (χ4n) is 3.61. The number of hydrogen-bond acceptors (Lipinski definition) is 8. The van der Waals surface area contributed by atoms with E-state index < -0.39 is 17.7 Å². The van der Waals surface area contributed by atoms with Crippen LogP contribution in [0.25, 0.3) is 0 Å². The summed E-state index contributed by atoms with van der Waals surface area (Å²) in [7, 11) is 0. The Kier molecular flexibility index (Phi) is 6.64. The Bertz CT molecular complexity index is 1370. The lowest BCUT2D eigenvalue weighted by molar-refractivity contribution is -0.117. The normalized spacial score (nSPS) is 15.9. The minimum atomic E-state index is -0.810. The highest BCUT2D eigenvalue weighted by atomic mass is 79.9. The van der Waals surface area contributed by atoms with Crippen LogP contribution in [0, 0.1) is 0 Å². The number of Topliss-reactive ketones (excluding diaryl/α,β-unsaturated/α-hetero) is 1. The predicted octanol–water partition coefficient (Wildman–Crippen LogP) is 6.44. The minimum Gasteiger partial charge on any atom is -0.503 e. The van der Waals surface area contributed by atoms with Gasteiger partial charge in [0.1, 0.15) is 0 Å². The average Bonchev–Trinajstić information content (AvgIpc) is 3.60. The van der Waals surface area contributed by atoms with Gasteiger partial charge in [-0.3, -0.25) is 14.5 Å². The van der Waals surface area contributed by atoms with Gasteiger partial charge in [-0.15, -0.1) is 21.5 Å². The van der Waals surface area contributed by atoms with Crippen molar-refractivity contribution in [2.24, 2.45) is 0 Å². The molecule has 1 aliphatic rings. The average molecular weight is 571 g/mol. The van der Waals surface area contributed by atoms with E-state index in [1.54, 1.807) is 17.5 Å². The molecule has 1 N–H and O–H groups in total. The van der Waals surface area contributed by atoms with E-state index in [1.807, 2.05) is 54.6 Å². The van der Waals surface area contributed by atoms with Crippen molar-refractivity contribution in [3.63, 3.8) is 0 Å². The molecule has 0 aliphatic carbocycles. The van der Waals surface area contributed by atoms with Crippen LogP contribution in [0.2, 0.25) is 0 Å². The summed E-state index contributed by atoms with van der Waals surface area (Å²) in [5.41, 5.74) is 1.88. The van der Waals surface area contributed by atoms with Crippen LogP contribution in [-0.2, 0) is 10.5 Å². The first-order chi connectivity index (χ1) is 16.5. The highest BCUT2D eigenvalue weighted by Crippen LogP contribution is 2.44. The second-order valence-corrected chi connectivity index (χ2v) is 11.4. The van der Waals surface area contributed by atoms with Crippen molar-refractivity contribution >= 4 is 67.2 Å². The number of hydrogen-bond donors (Lipinski definition) is 1. The first kappa shape index (κ1) is 23.0. The van der Waals surface area contributed by atoms with Crippen LogP contribution >= 0.6 is 50.4 Å². The molecular formula is C24H16BrN3O3S3. The SMILES string of the molecule is O=C(C1=C(O)C(=O)N(c2nnc(SCc3ccccc3)s2)C1c1ccc(Br)cc1)c1cccs1. The van der Waals surface area contributed by atoms with E-state index in [0.29, 0.717) is 25.7 Å². The first-order valence-corrected chi connectivity index (χ1v) is 13.6. The molecular weight excluding hydrogens is 554 g/mol. The number of anilines is 1. The number of benzene rings is 2. The van der Waals surface area contributed by atoms with Gasteiger partial charge in [0.15, 0.2) is 10.1 Å². The number of ketones is 1. The van der Waals surface area contributed by atoms with Crippen molar-refractivity contribution in [1.82, 2.24) is 10.2 Å². The molecule has 0 saturated heterocycles. The standard InChI is InChI=1S/C24H16BrN3O3S3/c25-16-10-8-15(9-11-16)19-18(20(29)17-7-4-12-32-17)21(30)22(31)28(19)23-26-27-24(34-23)33-13-14-5-2-1-3-6-14/h1-12,19,30H,13H2. The Labute approximate surface area is 216 Å². The quantitative estimate of drug-likeness (QED) is 0.157. The lowest BCUT2D eigenvalue weighted by atomic mass is 9.96. The maximum Gasteiger partial charge on any atom is 0.296 e. The third-order valence-corrected chi connectivity index (χ3v) is 8.71. The molecule has 0 saturated carbocycles. The number of halogens is 1. The number of rotatable bonds is 7. The lowest BCUT2D eigenvalue weighted by Crippen LogP contribution is -2.31. The third-order valence-electron chi connectivity index (χ3n) is 5.19. The second-order valence-electron chi connectivity index (χ2n) is 7.32. The van der Waals surface area contributed by atoms with Crippen LogP contribution in [0.3, 0.4) is 0 Å². The largest absolute Gasteiger partial charge is 0.503 e. The minimum absolute atomic E-state index is 0.0449. The van der Waals surface area contributed by atoms with Crippen molar-refractivity contribution in [2.45, 2.75) is 16.1 Å². The van der Waals surface area contributed by atoms with Crippen molar-refractivity contribution in [3.8, 4) is 0 Å². The number of carbonyl (C=O) groups excluding carboxylic acids is 2. The summed E-state index contributed by atoms with van der Waals surface area (Å²) >= 11 is 7.47. The van der Waals surface area contributed by atoms with Gasteiger partial charge in [0, 0.05) is 10.2 Å². The van der Waals surface area contributed by atoms with Gasteiger partial charge in [-0.1, -0.05) is 87.6 Å². The summed E-state index contributed by atoms with van der Waals surface area (Å²) in [6.07, 6.45) is 0. The molecule has 0 bridgehead atoms. The molecule has 2 aromatic heterocycles. The van der Waals surface area contributed by atoms with Gasteiger partial charge in [0.2, 0.25) is 10.9 Å². The van der Waals surface area contributed by atoms with E-state index in [4.69, 9.17) is 0 Å². The number of nitrogens with zero attached hydrogens (tertiary/aromatic N) is 3. The number of aromatic nitrogens is 2. The molecule has 10 heteroatoms.